The number of hydrogen-bond acceptors (Lipinski definition) is 3. The second-order valence-corrected chi connectivity index (χ2v) is 7.80. The lowest BCUT2D eigenvalue weighted by molar-refractivity contribution is -0.127. The molecule has 1 amide bonds. The Kier molecular flexibility index (Phi) is 5.40. The van der Waals surface area contributed by atoms with Gasteiger partial charge < -0.3 is 4.90 Å². The smallest absolute Gasteiger partial charge is 0.240 e. The Labute approximate surface area is 133 Å². The average molecular weight is 375 g/mol. The van der Waals surface area contributed by atoms with E-state index in [2.05, 4.69) is 20.7 Å². The van der Waals surface area contributed by atoms with Gasteiger partial charge >= 0.3 is 0 Å². The maximum atomic E-state index is 12.3. The monoisotopic (exact) mass is 374 g/mol. The first-order chi connectivity index (χ1) is 9.90. The van der Waals surface area contributed by atoms with Crippen molar-refractivity contribution in [1.82, 2.24) is 9.62 Å². The first kappa shape index (κ1) is 16.5. The summed E-state index contributed by atoms with van der Waals surface area (Å²) in [6.45, 7) is 3.50. The maximum absolute atomic E-state index is 12.3. The van der Waals surface area contributed by atoms with E-state index in [1.54, 1.807) is 24.0 Å². The Balaban J connectivity index is 1.89. The van der Waals surface area contributed by atoms with Gasteiger partial charge in [-0.25, -0.2) is 13.1 Å². The van der Waals surface area contributed by atoms with Gasteiger partial charge in [0.2, 0.25) is 15.9 Å². The summed E-state index contributed by atoms with van der Waals surface area (Å²) in [6.07, 6.45) is 2.14. The molecule has 2 rings (SSSR count). The zero-order valence-corrected chi connectivity index (χ0v) is 14.3. The Morgan fingerprint density at radius 2 is 2.14 bits per heavy atom. The summed E-state index contributed by atoms with van der Waals surface area (Å²) in [4.78, 5) is 13.5. The second kappa shape index (κ2) is 6.89. The molecule has 1 heterocycles. The fourth-order valence-corrected chi connectivity index (χ4v) is 4.21. The van der Waals surface area contributed by atoms with Crippen LogP contribution in [0.1, 0.15) is 24.8 Å². The van der Waals surface area contributed by atoms with Gasteiger partial charge in [0.25, 0.3) is 0 Å². The number of likely N-dealkylation sites (tertiary alicyclic amines) is 1. The van der Waals surface area contributed by atoms with Crippen LogP contribution in [0.15, 0.2) is 27.6 Å². The van der Waals surface area contributed by atoms with Crippen LogP contribution in [0.2, 0.25) is 0 Å². The van der Waals surface area contributed by atoms with Gasteiger partial charge in [-0.3, -0.25) is 4.79 Å². The van der Waals surface area contributed by atoms with E-state index in [9.17, 15) is 13.2 Å². The molecule has 116 valence electrons. The number of sulfonamides is 1. The van der Waals surface area contributed by atoms with Gasteiger partial charge in [-0.1, -0.05) is 22.0 Å². The van der Waals surface area contributed by atoms with Crippen LogP contribution in [0.5, 0.6) is 0 Å². The molecule has 1 aliphatic rings. The second-order valence-electron chi connectivity index (χ2n) is 5.15. The summed E-state index contributed by atoms with van der Waals surface area (Å²) in [7, 11) is -3.51. The van der Waals surface area contributed by atoms with Gasteiger partial charge in [0.15, 0.2) is 0 Å². The molecule has 0 saturated carbocycles. The Morgan fingerprint density at radius 3 is 2.81 bits per heavy atom. The van der Waals surface area contributed by atoms with Gasteiger partial charge in [0.1, 0.15) is 0 Å². The molecule has 0 radical (unpaired) electrons. The number of benzene rings is 1. The van der Waals surface area contributed by atoms with E-state index in [1.165, 1.54) is 0 Å². The van der Waals surface area contributed by atoms with Gasteiger partial charge in [0, 0.05) is 30.5 Å². The quantitative estimate of drug-likeness (QED) is 0.774. The largest absolute Gasteiger partial charge is 0.343 e. The molecule has 0 spiro atoms. The molecule has 1 aliphatic heterocycles. The Bertz CT molecular complexity index is 631. The lowest BCUT2D eigenvalue weighted by Gasteiger charge is -2.15. The zero-order valence-electron chi connectivity index (χ0n) is 11.9. The number of carbonyl (C=O) groups excluding carboxylic acids is 1. The van der Waals surface area contributed by atoms with Crippen LogP contribution in [-0.4, -0.2) is 38.9 Å². The average Bonchev–Trinajstić information content (AvgIpc) is 2.83. The number of nitrogens with one attached hydrogen (secondary N) is 1. The van der Waals surface area contributed by atoms with Crippen molar-refractivity contribution in [3.8, 4) is 0 Å². The third kappa shape index (κ3) is 4.28. The van der Waals surface area contributed by atoms with E-state index >= 15 is 0 Å². The fraction of sp³-hybridized carbons (Fsp3) is 0.500. The molecule has 1 N–H and O–H groups in total. The summed E-state index contributed by atoms with van der Waals surface area (Å²) < 4.78 is 27.8. The number of carbonyl (C=O) groups is 1. The van der Waals surface area contributed by atoms with Crippen molar-refractivity contribution in [2.75, 3.05) is 19.6 Å². The zero-order chi connectivity index (χ0) is 15.5. The highest BCUT2D eigenvalue weighted by Gasteiger charge is 2.20. The van der Waals surface area contributed by atoms with Crippen molar-refractivity contribution >= 4 is 31.9 Å². The highest BCUT2D eigenvalue weighted by atomic mass is 79.9. The standard InChI is InChI=1S/C14H19BrN2O3S/c1-11-5-6-12(15)10-13(11)21(19,20)16-7-3-9-17-8-2-4-14(17)18/h5-6,10,16H,2-4,7-9H2,1H3. The van der Waals surface area contributed by atoms with E-state index in [0.29, 0.717) is 31.5 Å². The maximum Gasteiger partial charge on any atom is 0.240 e. The van der Waals surface area contributed by atoms with Gasteiger partial charge in [-0.2, -0.15) is 0 Å². The van der Waals surface area contributed by atoms with Crippen molar-refractivity contribution in [2.45, 2.75) is 31.1 Å². The van der Waals surface area contributed by atoms with Crippen LogP contribution in [0.25, 0.3) is 0 Å². The number of amides is 1. The molecule has 21 heavy (non-hydrogen) atoms. The van der Waals surface area contributed by atoms with Crippen LogP contribution in [0.4, 0.5) is 0 Å². The summed E-state index contributed by atoms with van der Waals surface area (Å²) in [5.74, 6) is 0.167. The molecule has 7 heteroatoms. The van der Waals surface area contributed by atoms with Crippen molar-refractivity contribution in [3.63, 3.8) is 0 Å². The first-order valence-corrected chi connectivity index (χ1v) is 9.21. The van der Waals surface area contributed by atoms with Gasteiger partial charge in [0.05, 0.1) is 4.90 Å². The fourth-order valence-electron chi connectivity index (χ4n) is 2.36. The normalized spacial score (nSPS) is 15.7. The number of hydrogen-bond donors (Lipinski definition) is 1. The molecule has 1 aromatic rings. The molecular formula is C14H19BrN2O3S. The summed E-state index contributed by atoms with van der Waals surface area (Å²) >= 11 is 3.29. The SMILES string of the molecule is Cc1ccc(Br)cc1S(=O)(=O)NCCCN1CCCC1=O. The molecule has 1 aromatic carbocycles. The predicted molar refractivity (Wildman–Crippen MR) is 84.5 cm³/mol. The van der Waals surface area contributed by atoms with Crippen molar-refractivity contribution < 1.29 is 13.2 Å². The van der Waals surface area contributed by atoms with Gasteiger partial charge in [-0.05, 0) is 37.5 Å². The van der Waals surface area contributed by atoms with Crippen LogP contribution in [-0.2, 0) is 14.8 Å². The number of halogens is 1. The third-order valence-electron chi connectivity index (χ3n) is 3.51. The topological polar surface area (TPSA) is 66.5 Å². The molecule has 0 aliphatic carbocycles. The Hall–Kier alpha value is -0.920. The summed E-state index contributed by atoms with van der Waals surface area (Å²) in [5.41, 5.74) is 0.709. The number of rotatable bonds is 6. The molecule has 5 nitrogen and oxygen atoms in total. The molecule has 1 saturated heterocycles. The van der Waals surface area contributed by atoms with Crippen molar-refractivity contribution in [2.24, 2.45) is 0 Å². The first-order valence-electron chi connectivity index (χ1n) is 6.94. The van der Waals surface area contributed by atoms with Crippen molar-refractivity contribution in [1.29, 1.82) is 0 Å². The van der Waals surface area contributed by atoms with Gasteiger partial charge in [-0.15, -0.1) is 0 Å². The van der Waals surface area contributed by atoms with E-state index < -0.39 is 10.0 Å². The van der Waals surface area contributed by atoms with Crippen LogP contribution >= 0.6 is 15.9 Å². The molecule has 0 unspecified atom stereocenters. The summed E-state index contributed by atoms with van der Waals surface area (Å²) in [6, 6.07) is 5.18. The minimum absolute atomic E-state index is 0.167. The highest BCUT2D eigenvalue weighted by Crippen LogP contribution is 2.20. The van der Waals surface area contributed by atoms with E-state index in [4.69, 9.17) is 0 Å². The van der Waals surface area contributed by atoms with Crippen LogP contribution in [0, 0.1) is 6.92 Å². The van der Waals surface area contributed by atoms with E-state index in [0.717, 1.165) is 17.4 Å². The number of aryl methyl sites for hydroxylation is 1. The minimum atomic E-state index is -3.51. The van der Waals surface area contributed by atoms with Crippen LogP contribution in [0.3, 0.4) is 0 Å². The highest BCUT2D eigenvalue weighted by molar-refractivity contribution is 9.10. The van der Waals surface area contributed by atoms with E-state index in [1.807, 2.05) is 6.07 Å². The molecular weight excluding hydrogens is 356 g/mol. The lowest BCUT2D eigenvalue weighted by Crippen LogP contribution is -2.31. The molecule has 0 atom stereocenters. The predicted octanol–water partition coefficient (Wildman–Crippen LogP) is 2.05. The number of nitrogens with zero attached hydrogens (tertiary/aromatic N) is 1. The molecule has 0 aromatic heterocycles. The third-order valence-corrected chi connectivity index (χ3v) is 5.60. The lowest BCUT2D eigenvalue weighted by atomic mass is 10.2. The summed E-state index contributed by atoms with van der Waals surface area (Å²) in [5, 5.41) is 0. The van der Waals surface area contributed by atoms with Crippen molar-refractivity contribution in [3.05, 3.63) is 28.2 Å². The minimum Gasteiger partial charge on any atom is -0.343 e. The molecule has 1 fully saturated rings. The van der Waals surface area contributed by atoms with Crippen LogP contribution < -0.4 is 4.72 Å². The molecule has 0 bridgehead atoms. The van der Waals surface area contributed by atoms with E-state index in [-0.39, 0.29) is 10.8 Å². The Morgan fingerprint density at radius 1 is 1.38 bits per heavy atom.